The van der Waals surface area contributed by atoms with E-state index in [-0.39, 0.29) is 11.8 Å². The summed E-state index contributed by atoms with van der Waals surface area (Å²) in [6, 6.07) is 3.86. The van der Waals surface area contributed by atoms with E-state index in [0.717, 1.165) is 25.2 Å². The molecule has 0 atom stereocenters. The fourth-order valence-electron chi connectivity index (χ4n) is 2.69. The zero-order valence-corrected chi connectivity index (χ0v) is 14.4. The van der Waals surface area contributed by atoms with Crippen molar-refractivity contribution in [3.63, 3.8) is 0 Å². The normalized spacial score (nSPS) is 15.4. The van der Waals surface area contributed by atoms with Crippen LogP contribution in [0.4, 0.5) is 0 Å². The number of amides is 1. The number of carbonyl (C=O) groups excluding carboxylic acids is 1. The van der Waals surface area contributed by atoms with Crippen molar-refractivity contribution in [2.24, 2.45) is 0 Å². The molecule has 3 rings (SSSR count). The smallest absolute Gasteiger partial charge is 0.311 e. The Kier molecular flexibility index (Phi) is 5.56. The fourth-order valence-corrected chi connectivity index (χ4v) is 2.69. The molecule has 0 saturated carbocycles. The van der Waals surface area contributed by atoms with Crippen LogP contribution in [-0.4, -0.2) is 71.2 Å². The van der Waals surface area contributed by atoms with Gasteiger partial charge in [-0.05, 0) is 12.6 Å². The third-order valence-electron chi connectivity index (χ3n) is 4.05. The molecule has 3 heterocycles. The number of nitrogens with one attached hydrogen (secondary N) is 1. The van der Waals surface area contributed by atoms with E-state index in [4.69, 9.17) is 9.15 Å². The number of carbonyl (C=O) groups is 1. The predicted octanol–water partition coefficient (Wildman–Crippen LogP) is 0.151. The van der Waals surface area contributed by atoms with E-state index >= 15 is 0 Å². The Bertz CT molecular complexity index is 694. The lowest BCUT2D eigenvalue weighted by Gasteiger charge is -2.33. The lowest BCUT2D eigenvalue weighted by atomic mass is 10.2. The summed E-state index contributed by atoms with van der Waals surface area (Å²) in [7, 11) is 3.38. The summed E-state index contributed by atoms with van der Waals surface area (Å²) >= 11 is 0. The number of hydrogen-bond acceptors (Lipinski definition) is 8. The van der Waals surface area contributed by atoms with Gasteiger partial charge in [0.25, 0.3) is 0 Å². The number of ether oxygens (including phenoxy) is 1. The highest BCUT2D eigenvalue weighted by Crippen LogP contribution is 2.13. The first-order valence-electron chi connectivity index (χ1n) is 8.17. The number of aromatic nitrogens is 3. The average molecular weight is 346 g/mol. The Labute approximate surface area is 146 Å². The summed E-state index contributed by atoms with van der Waals surface area (Å²) in [4.78, 5) is 20.7. The van der Waals surface area contributed by atoms with Crippen LogP contribution < -0.4 is 10.1 Å². The largest absolute Gasteiger partial charge is 0.481 e. The Morgan fingerprint density at radius 1 is 1.28 bits per heavy atom. The molecule has 1 aliphatic rings. The van der Waals surface area contributed by atoms with Crippen LogP contribution in [0.2, 0.25) is 0 Å². The van der Waals surface area contributed by atoms with Crippen molar-refractivity contribution in [1.82, 2.24) is 30.3 Å². The highest BCUT2D eigenvalue weighted by Gasteiger charge is 2.26. The van der Waals surface area contributed by atoms with Crippen molar-refractivity contribution in [3.05, 3.63) is 35.7 Å². The summed E-state index contributed by atoms with van der Waals surface area (Å²) in [5, 5.41) is 10.6. The Balaban J connectivity index is 1.51. The van der Waals surface area contributed by atoms with Gasteiger partial charge in [-0.3, -0.25) is 9.69 Å². The first kappa shape index (κ1) is 17.3. The molecule has 25 heavy (non-hydrogen) atoms. The van der Waals surface area contributed by atoms with Crippen LogP contribution >= 0.6 is 0 Å². The van der Waals surface area contributed by atoms with Gasteiger partial charge in [-0.25, -0.2) is 4.98 Å². The molecule has 1 fully saturated rings. The lowest BCUT2D eigenvalue weighted by molar-refractivity contribution is 0.0588. The third kappa shape index (κ3) is 4.31. The van der Waals surface area contributed by atoms with E-state index in [1.165, 1.54) is 0 Å². The van der Waals surface area contributed by atoms with Crippen molar-refractivity contribution < 1.29 is 13.9 Å². The van der Waals surface area contributed by atoms with E-state index in [1.54, 1.807) is 19.1 Å². The topological polar surface area (TPSA) is 96.6 Å². The molecule has 2 aromatic heterocycles. The molecular formula is C16H22N6O3. The Morgan fingerprint density at radius 2 is 2.08 bits per heavy atom. The SMILES string of the molecule is CNCc1nnc(C(=O)N2CCN(Cc3ccc(OC)nc3)CC2)o1. The van der Waals surface area contributed by atoms with Crippen LogP contribution in [0.5, 0.6) is 5.88 Å². The maximum absolute atomic E-state index is 12.4. The summed E-state index contributed by atoms with van der Waals surface area (Å²) in [5.41, 5.74) is 1.12. The lowest BCUT2D eigenvalue weighted by Crippen LogP contribution is -2.48. The summed E-state index contributed by atoms with van der Waals surface area (Å²) in [6.07, 6.45) is 1.82. The third-order valence-corrected chi connectivity index (χ3v) is 4.05. The van der Waals surface area contributed by atoms with Crippen LogP contribution in [0.25, 0.3) is 0 Å². The number of rotatable bonds is 6. The van der Waals surface area contributed by atoms with Gasteiger partial charge in [0, 0.05) is 45.0 Å². The molecule has 1 saturated heterocycles. The molecule has 9 nitrogen and oxygen atoms in total. The second kappa shape index (κ2) is 8.04. The van der Waals surface area contributed by atoms with Gasteiger partial charge in [-0.2, -0.15) is 0 Å². The molecule has 134 valence electrons. The van der Waals surface area contributed by atoms with Crippen molar-refractivity contribution in [2.45, 2.75) is 13.1 Å². The standard InChI is InChI=1S/C16H22N6O3/c1-17-10-14-19-20-15(25-14)16(23)22-7-5-21(6-8-22)11-12-3-4-13(24-2)18-9-12/h3-4,9,17H,5-8,10-11H2,1-2H3. The minimum atomic E-state index is -0.208. The molecule has 0 aliphatic carbocycles. The van der Waals surface area contributed by atoms with E-state index in [0.29, 0.717) is 31.4 Å². The second-order valence-corrected chi connectivity index (χ2v) is 5.81. The first-order valence-corrected chi connectivity index (χ1v) is 8.17. The van der Waals surface area contributed by atoms with Crippen molar-refractivity contribution in [2.75, 3.05) is 40.3 Å². The molecular weight excluding hydrogens is 324 g/mol. The number of hydrogen-bond donors (Lipinski definition) is 1. The van der Waals surface area contributed by atoms with Gasteiger partial charge < -0.3 is 19.4 Å². The zero-order chi connectivity index (χ0) is 17.6. The monoisotopic (exact) mass is 346 g/mol. The highest BCUT2D eigenvalue weighted by molar-refractivity contribution is 5.89. The van der Waals surface area contributed by atoms with Crippen molar-refractivity contribution >= 4 is 5.91 Å². The van der Waals surface area contributed by atoms with Gasteiger partial charge in [0.1, 0.15) is 0 Å². The Morgan fingerprint density at radius 3 is 2.72 bits per heavy atom. The minimum Gasteiger partial charge on any atom is -0.481 e. The quantitative estimate of drug-likeness (QED) is 0.790. The molecule has 0 bridgehead atoms. The molecule has 1 amide bonds. The minimum absolute atomic E-state index is 0.0538. The van der Waals surface area contributed by atoms with Gasteiger partial charge >= 0.3 is 11.8 Å². The fraction of sp³-hybridized carbons (Fsp3) is 0.500. The molecule has 0 spiro atoms. The van der Waals surface area contributed by atoms with Crippen LogP contribution in [0.15, 0.2) is 22.7 Å². The molecule has 2 aromatic rings. The molecule has 0 unspecified atom stereocenters. The van der Waals surface area contributed by atoms with E-state index in [2.05, 4.69) is 25.4 Å². The van der Waals surface area contributed by atoms with Gasteiger partial charge in [0.15, 0.2) is 0 Å². The van der Waals surface area contributed by atoms with Gasteiger partial charge in [0.2, 0.25) is 11.8 Å². The summed E-state index contributed by atoms with van der Waals surface area (Å²) < 4.78 is 10.4. The molecule has 9 heteroatoms. The molecule has 0 radical (unpaired) electrons. The Hall–Kier alpha value is -2.52. The van der Waals surface area contributed by atoms with E-state index < -0.39 is 0 Å². The van der Waals surface area contributed by atoms with Crippen LogP contribution in [0, 0.1) is 0 Å². The van der Waals surface area contributed by atoms with Gasteiger partial charge in [0.05, 0.1) is 13.7 Å². The maximum atomic E-state index is 12.4. The van der Waals surface area contributed by atoms with Crippen LogP contribution in [-0.2, 0) is 13.1 Å². The van der Waals surface area contributed by atoms with Crippen molar-refractivity contribution in [1.29, 1.82) is 0 Å². The van der Waals surface area contributed by atoms with Gasteiger partial charge in [-0.1, -0.05) is 6.07 Å². The van der Waals surface area contributed by atoms with E-state index in [1.807, 2.05) is 18.3 Å². The maximum Gasteiger partial charge on any atom is 0.311 e. The molecule has 1 aliphatic heterocycles. The zero-order valence-electron chi connectivity index (χ0n) is 14.4. The summed E-state index contributed by atoms with van der Waals surface area (Å²) in [6.45, 7) is 4.08. The van der Waals surface area contributed by atoms with E-state index in [9.17, 15) is 4.79 Å². The van der Waals surface area contributed by atoms with Crippen LogP contribution in [0.1, 0.15) is 22.1 Å². The number of pyridine rings is 1. The molecule has 0 aromatic carbocycles. The first-order chi connectivity index (χ1) is 12.2. The molecule has 1 N–H and O–H groups in total. The highest BCUT2D eigenvalue weighted by atomic mass is 16.5. The van der Waals surface area contributed by atoms with Crippen LogP contribution in [0.3, 0.4) is 0 Å². The number of methoxy groups -OCH3 is 1. The number of nitrogens with zero attached hydrogens (tertiary/aromatic N) is 5. The second-order valence-electron chi connectivity index (χ2n) is 5.81. The van der Waals surface area contributed by atoms with Crippen molar-refractivity contribution in [3.8, 4) is 5.88 Å². The average Bonchev–Trinajstić information content (AvgIpc) is 3.11. The predicted molar refractivity (Wildman–Crippen MR) is 89.0 cm³/mol. The summed E-state index contributed by atoms with van der Waals surface area (Å²) in [5.74, 6) is 0.867. The van der Waals surface area contributed by atoms with Gasteiger partial charge in [-0.15, -0.1) is 10.2 Å². The number of piperazine rings is 1.